The first-order chi connectivity index (χ1) is 8.32. The molecule has 0 aliphatic heterocycles. The van der Waals surface area contributed by atoms with Gasteiger partial charge >= 0.3 is 6.18 Å². The third-order valence-electron chi connectivity index (χ3n) is 1.82. The molecule has 0 saturated carbocycles. The summed E-state index contributed by atoms with van der Waals surface area (Å²) in [4.78, 5) is 6.50. The zero-order valence-corrected chi connectivity index (χ0v) is 10.2. The Kier molecular flexibility index (Phi) is 4.84. The zero-order chi connectivity index (χ0) is 13.8. The zero-order valence-electron chi connectivity index (χ0n) is 9.41. The van der Waals surface area contributed by atoms with Crippen LogP contribution in [0.3, 0.4) is 0 Å². The van der Waals surface area contributed by atoms with Crippen LogP contribution in [0.15, 0.2) is 6.07 Å². The van der Waals surface area contributed by atoms with Crippen molar-refractivity contribution in [3.8, 4) is 0 Å². The molecule has 1 unspecified atom stereocenters. The first kappa shape index (κ1) is 14.6. The topological polar surface area (TPSA) is 92.9 Å². The Morgan fingerprint density at radius 1 is 1.39 bits per heavy atom. The summed E-state index contributed by atoms with van der Waals surface area (Å²) in [5.74, 6) is 3.85. The molecule has 0 amide bonds. The first-order valence-electron chi connectivity index (χ1n) is 4.79. The number of hydrogen-bond donors (Lipinski definition) is 3. The van der Waals surface area contributed by atoms with Crippen LogP contribution in [-0.4, -0.2) is 32.7 Å². The van der Waals surface area contributed by atoms with Gasteiger partial charge in [-0.3, -0.25) is 4.21 Å². The minimum Gasteiger partial charge on any atom is -0.369 e. The number of nitrogens with two attached hydrogens (primary N) is 1. The Morgan fingerprint density at radius 3 is 2.50 bits per heavy atom. The van der Waals surface area contributed by atoms with Gasteiger partial charge in [-0.15, -0.1) is 0 Å². The van der Waals surface area contributed by atoms with Crippen molar-refractivity contribution in [2.45, 2.75) is 6.18 Å². The van der Waals surface area contributed by atoms with E-state index < -0.39 is 22.8 Å². The van der Waals surface area contributed by atoms with Gasteiger partial charge in [-0.25, -0.2) is 15.8 Å². The quantitative estimate of drug-likeness (QED) is 0.540. The molecule has 0 fully saturated rings. The summed E-state index contributed by atoms with van der Waals surface area (Å²) in [6.07, 6.45) is -3.16. The lowest BCUT2D eigenvalue weighted by Crippen LogP contribution is -2.18. The van der Waals surface area contributed by atoms with E-state index >= 15 is 0 Å². The van der Waals surface area contributed by atoms with E-state index in [0.717, 1.165) is 0 Å². The van der Waals surface area contributed by atoms with E-state index in [-0.39, 0.29) is 18.2 Å². The number of alkyl halides is 3. The number of hydrazine groups is 1. The second-order valence-corrected chi connectivity index (χ2v) is 4.86. The molecule has 4 N–H and O–H groups in total. The lowest BCUT2D eigenvalue weighted by Gasteiger charge is -2.10. The molecule has 10 heteroatoms. The van der Waals surface area contributed by atoms with Gasteiger partial charge in [-0.1, -0.05) is 0 Å². The summed E-state index contributed by atoms with van der Waals surface area (Å²) >= 11 is 0. The molecule has 0 aliphatic rings. The summed E-state index contributed by atoms with van der Waals surface area (Å²) in [6.45, 7) is 0.238. The molecular formula is C8H12F3N5OS. The molecule has 18 heavy (non-hydrogen) atoms. The van der Waals surface area contributed by atoms with Crippen molar-refractivity contribution in [1.29, 1.82) is 0 Å². The van der Waals surface area contributed by atoms with Gasteiger partial charge in [0, 0.05) is 35.4 Å². The predicted octanol–water partition coefficient (Wildman–Crippen LogP) is 0.571. The highest BCUT2D eigenvalue weighted by Gasteiger charge is 2.35. The number of anilines is 2. The SMILES string of the molecule is CS(=O)CCNc1cc(NN)nc(C(F)(F)F)n1. The summed E-state index contributed by atoms with van der Waals surface area (Å²) in [5, 5.41) is 2.62. The van der Waals surface area contributed by atoms with Gasteiger partial charge < -0.3 is 10.7 Å². The molecule has 0 radical (unpaired) electrons. The van der Waals surface area contributed by atoms with Crippen molar-refractivity contribution in [2.75, 3.05) is 29.3 Å². The Balaban J connectivity index is 2.87. The van der Waals surface area contributed by atoms with Crippen molar-refractivity contribution in [2.24, 2.45) is 5.84 Å². The number of hydrogen-bond acceptors (Lipinski definition) is 6. The molecule has 1 aromatic rings. The van der Waals surface area contributed by atoms with Gasteiger partial charge in [0.1, 0.15) is 11.6 Å². The molecule has 1 heterocycles. The molecule has 1 atom stereocenters. The van der Waals surface area contributed by atoms with Crippen molar-refractivity contribution in [1.82, 2.24) is 9.97 Å². The van der Waals surface area contributed by atoms with Gasteiger partial charge in [0.15, 0.2) is 0 Å². The van der Waals surface area contributed by atoms with Crippen molar-refractivity contribution in [3.63, 3.8) is 0 Å². The van der Waals surface area contributed by atoms with Crippen LogP contribution in [0.4, 0.5) is 24.8 Å². The standard InChI is InChI=1S/C8H12F3N5OS/c1-18(17)3-2-13-5-4-6(16-12)15-7(14-5)8(9,10)11/h4H,2-3,12H2,1H3,(H2,13,14,15,16). The molecule has 0 spiro atoms. The minimum atomic E-state index is -4.66. The summed E-state index contributed by atoms with van der Waals surface area (Å²) in [7, 11) is -1.04. The number of nitrogen functional groups attached to an aromatic ring is 1. The monoisotopic (exact) mass is 283 g/mol. The summed E-state index contributed by atoms with van der Waals surface area (Å²) in [6, 6.07) is 1.23. The Labute approximate surface area is 104 Å². The van der Waals surface area contributed by atoms with Gasteiger partial charge in [-0.2, -0.15) is 13.2 Å². The third kappa shape index (κ3) is 4.45. The van der Waals surface area contributed by atoms with E-state index in [1.165, 1.54) is 12.3 Å². The number of aromatic nitrogens is 2. The van der Waals surface area contributed by atoms with Crippen LogP contribution in [-0.2, 0) is 17.0 Å². The van der Waals surface area contributed by atoms with Gasteiger partial charge in [0.2, 0.25) is 5.82 Å². The highest BCUT2D eigenvalue weighted by atomic mass is 32.2. The lowest BCUT2D eigenvalue weighted by molar-refractivity contribution is -0.144. The van der Waals surface area contributed by atoms with Crippen molar-refractivity contribution >= 4 is 22.4 Å². The third-order valence-corrected chi connectivity index (χ3v) is 2.60. The maximum Gasteiger partial charge on any atom is 0.451 e. The number of rotatable bonds is 5. The first-order valence-corrected chi connectivity index (χ1v) is 6.52. The highest BCUT2D eigenvalue weighted by Crippen LogP contribution is 2.28. The van der Waals surface area contributed by atoms with E-state index in [2.05, 4.69) is 15.3 Å². The molecule has 0 bridgehead atoms. The average Bonchev–Trinajstić information content (AvgIpc) is 2.27. The van der Waals surface area contributed by atoms with E-state index in [1.807, 2.05) is 5.43 Å². The van der Waals surface area contributed by atoms with Crippen LogP contribution in [0, 0.1) is 0 Å². The van der Waals surface area contributed by atoms with Gasteiger partial charge in [-0.05, 0) is 0 Å². The lowest BCUT2D eigenvalue weighted by atomic mass is 10.4. The summed E-state index contributed by atoms with van der Waals surface area (Å²) in [5.41, 5.74) is 2.03. The molecule has 0 aromatic carbocycles. The maximum atomic E-state index is 12.5. The molecule has 1 rings (SSSR count). The Bertz CT molecular complexity index is 439. The van der Waals surface area contributed by atoms with Crippen LogP contribution in [0.5, 0.6) is 0 Å². The fourth-order valence-electron chi connectivity index (χ4n) is 1.06. The normalized spacial score (nSPS) is 13.2. The van der Waals surface area contributed by atoms with E-state index in [4.69, 9.17) is 5.84 Å². The molecule has 0 saturated heterocycles. The van der Waals surface area contributed by atoms with E-state index in [9.17, 15) is 17.4 Å². The molecular weight excluding hydrogens is 271 g/mol. The minimum absolute atomic E-state index is 0.0317. The number of halogens is 3. The summed E-state index contributed by atoms with van der Waals surface area (Å²) < 4.78 is 48.2. The maximum absolute atomic E-state index is 12.5. The molecule has 1 aromatic heterocycles. The molecule has 6 nitrogen and oxygen atoms in total. The molecule has 0 aliphatic carbocycles. The van der Waals surface area contributed by atoms with Crippen LogP contribution in [0.1, 0.15) is 5.82 Å². The highest BCUT2D eigenvalue weighted by molar-refractivity contribution is 7.84. The average molecular weight is 283 g/mol. The van der Waals surface area contributed by atoms with Crippen LogP contribution < -0.4 is 16.6 Å². The van der Waals surface area contributed by atoms with Crippen LogP contribution >= 0.6 is 0 Å². The van der Waals surface area contributed by atoms with Crippen molar-refractivity contribution in [3.05, 3.63) is 11.9 Å². The smallest absolute Gasteiger partial charge is 0.369 e. The second kappa shape index (κ2) is 5.96. The van der Waals surface area contributed by atoms with Crippen LogP contribution in [0.2, 0.25) is 0 Å². The number of nitrogens with one attached hydrogen (secondary N) is 2. The van der Waals surface area contributed by atoms with Gasteiger partial charge in [0.25, 0.3) is 0 Å². The van der Waals surface area contributed by atoms with Crippen LogP contribution in [0.25, 0.3) is 0 Å². The molecule has 102 valence electrons. The van der Waals surface area contributed by atoms with E-state index in [0.29, 0.717) is 5.75 Å². The van der Waals surface area contributed by atoms with Crippen molar-refractivity contribution < 1.29 is 17.4 Å². The van der Waals surface area contributed by atoms with Gasteiger partial charge in [0.05, 0.1) is 0 Å². The van der Waals surface area contributed by atoms with E-state index in [1.54, 1.807) is 0 Å². The second-order valence-electron chi connectivity index (χ2n) is 3.31. The number of nitrogens with zero attached hydrogens (tertiary/aromatic N) is 2. The fourth-order valence-corrected chi connectivity index (χ4v) is 1.45. The fraction of sp³-hybridized carbons (Fsp3) is 0.500. The largest absolute Gasteiger partial charge is 0.451 e. The predicted molar refractivity (Wildman–Crippen MR) is 62.3 cm³/mol. The Morgan fingerprint density at radius 2 is 2.00 bits per heavy atom. The Hall–Kier alpha value is -1.42.